The van der Waals surface area contributed by atoms with Crippen LogP contribution in [-0.2, 0) is 0 Å². The predicted octanol–water partition coefficient (Wildman–Crippen LogP) is 2.12. The van der Waals surface area contributed by atoms with Gasteiger partial charge in [0.2, 0.25) is 0 Å². The number of thioether (sulfide) groups is 1. The Hall–Kier alpha value is -0.110. The lowest BCUT2D eigenvalue weighted by Crippen LogP contribution is -2.29. The molecule has 2 aliphatic rings. The molecule has 1 nitrogen and oxygen atoms in total. The van der Waals surface area contributed by atoms with Crippen LogP contribution >= 0.6 is 11.8 Å². The Morgan fingerprint density at radius 2 is 2.10 bits per heavy atom. The lowest BCUT2D eigenvalue weighted by atomic mass is 9.80. The average Bonchev–Trinajstić information content (AvgIpc) is 2.27. The van der Waals surface area contributed by atoms with Crippen molar-refractivity contribution in [2.45, 2.75) is 13.8 Å². The van der Waals surface area contributed by atoms with Gasteiger partial charge in [0, 0.05) is 23.6 Å². The molecule has 2 atom stereocenters. The molecule has 2 rings (SSSR count). The number of hydrogen-bond acceptors (Lipinski definition) is 2. The highest BCUT2D eigenvalue weighted by molar-refractivity contribution is 8.03. The molecule has 0 radical (unpaired) electrons. The first-order chi connectivity index (χ1) is 4.72. The van der Waals surface area contributed by atoms with Crippen molar-refractivity contribution in [1.82, 2.24) is 4.90 Å². The molecule has 0 bridgehead atoms. The Balaban J connectivity index is 2.28. The zero-order chi connectivity index (χ0) is 7.30. The highest BCUT2D eigenvalue weighted by Gasteiger charge is 2.39. The molecule has 0 fully saturated rings. The lowest BCUT2D eigenvalue weighted by molar-refractivity contribution is 0.331. The topological polar surface area (TPSA) is 3.24 Å². The first kappa shape index (κ1) is 6.59. The largest absolute Gasteiger partial charge is 0.367 e. The summed E-state index contributed by atoms with van der Waals surface area (Å²) >= 11 is 2.02. The van der Waals surface area contributed by atoms with Crippen LogP contribution in [0.1, 0.15) is 13.8 Å². The average molecular weight is 155 g/mol. The van der Waals surface area contributed by atoms with Crippen LogP contribution in [0.25, 0.3) is 0 Å². The van der Waals surface area contributed by atoms with E-state index >= 15 is 0 Å². The van der Waals surface area contributed by atoms with Crippen molar-refractivity contribution in [3.05, 3.63) is 10.6 Å². The van der Waals surface area contributed by atoms with Crippen LogP contribution in [0, 0.1) is 11.8 Å². The second-order valence-electron chi connectivity index (χ2n) is 3.30. The SMILES string of the molecule is CC1C2=C(C1C)N(C)CS2. The molecule has 0 N–H and O–H groups in total. The summed E-state index contributed by atoms with van der Waals surface area (Å²) in [6.07, 6.45) is 0. The van der Waals surface area contributed by atoms with Gasteiger partial charge < -0.3 is 4.90 Å². The molecular formula is C8H13NS. The summed E-state index contributed by atoms with van der Waals surface area (Å²) in [4.78, 5) is 4.03. The van der Waals surface area contributed by atoms with Crippen molar-refractivity contribution in [3.63, 3.8) is 0 Å². The van der Waals surface area contributed by atoms with E-state index in [1.165, 1.54) is 5.88 Å². The third-order valence-electron chi connectivity index (χ3n) is 2.67. The second kappa shape index (κ2) is 1.94. The minimum absolute atomic E-state index is 0.815. The minimum atomic E-state index is 0.815. The van der Waals surface area contributed by atoms with Crippen LogP contribution in [0.2, 0.25) is 0 Å². The van der Waals surface area contributed by atoms with Crippen LogP contribution in [0.4, 0.5) is 0 Å². The van der Waals surface area contributed by atoms with E-state index in [0.717, 1.165) is 11.8 Å². The Morgan fingerprint density at radius 1 is 1.40 bits per heavy atom. The molecule has 1 aliphatic heterocycles. The molecule has 2 heteroatoms. The third kappa shape index (κ3) is 0.605. The van der Waals surface area contributed by atoms with E-state index in [0.29, 0.717) is 0 Å². The van der Waals surface area contributed by atoms with Crippen LogP contribution in [0.15, 0.2) is 10.6 Å². The van der Waals surface area contributed by atoms with Crippen molar-refractivity contribution in [2.75, 3.05) is 12.9 Å². The van der Waals surface area contributed by atoms with Crippen molar-refractivity contribution >= 4 is 11.8 Å². The van der Waals surface area contributed by atoms with E-state index in [1.54, 1.807) is 10.6 Å². The molecule has 0 saturated carbocycles. The zero-order valence-corrected chi connectivity index (χ0v) is 7.53. The molecular weight excluding hydrogens is 142 g/mol. The normalized spacial score (nSPS) is 38.1. The highest BCUT2D eigenvalue weighted by Crippen LogP contribution is 2.51. The quantitative estimate of drug-likeness (QED) is 0.527. The van der Waals surface area contributed by atoms with Crippen molar-refractivity contribution < 1.29 is 0 Å². The summed E-state index contributed by atoms with van der Waals surface area (Å²) in [5, 5.41) is 0. The predicted molar refractivity (Wildman–Crippen MR) is 45.6 cm³/mol. The fraction of sp³-hybridized carbons (Fsp3) is 0.750. The fourth-order valence-electron chi connectivity index (χ4n) is 1.80. The number of nitrogens with zero attached hydrogens (tertiary/aromatic N) is 1. The maximum Gasteiger partial charge on any atom is 0.0677 e. The minimum Gasteiger partial charge on any atom is -0.367 e. The van der Waals surface area contributed by atoms with E-state index in [-0.39, 0.29) is 0 Å². The van der Waals surface area contributed by atoms with Crippen molar-refractivity contribution in [3.8, 4) is 0 Å². The maximum absolute atomic E-state index is 2.38. The molecule has 0 aromatic heterocycles. The zero-order valence-electron chi connectivity index (χ0n) is 6.72. The van der Waals surface area contributed by atoms with E-state index in [4.69, 9.17) is 0 Å². The summed E-state index contributed by atoms with van der Waals surface area (Å²) < 4.78 is 0. The van der Waals surface area contributed by atoms with Gasteiger partial charge in [0.25, 0.3) is 0 Å². The highest BCUT2D eigenvalue weighted by atomic mass is 32.2. The van der Waals surface area contributed by atoms with Gasteiger partial charge in [0.15, 0.2) is 0 Å². The van der Waals surface area contributed by atoms with Gasteiger partial charge in [-0.05, 0) is 5.92 Å². The monoisotopic (exact) mass is 155 g/mol. The third-order valence-corrected chi connectivity index (χ3v) is 4.08. The van der Waals surface area contributed by atoms with E-state index in [9.17, 15) is 0 Å². The van der Waals surface area contributed by atoms with E-state index in [2.05, 4.69) is 25.8 Å². The summed E-state index contributed by atoms with van der Waals surface area (Å²) in [5.74, 6) is 2.83. The molecule has 0 saturated heterocycles. The molecule has 10 heavy (non-hydrogen) atoms. The molecule has 1 heterocycles. The van der Waals surface area contributed by atoms with Gasteiger partial charge in [-0.3, -0.25) is 0 Å². The molecule has 1 aliphatic carbocycles. The van der Waals surface area contributed by atoms with E-state index in [1.807, 2.05) is 11.8 Å². The van der Waals surface area contributed by atoms with Crippen molar-refractivity contribution in [1.29, 1.82) is 0 Å². The van der Waals surface area contributed by atoms with Crippen LogP contribution in [0.5, 0.6) is 0 Å². The summed E-state index contributed by atoms with van der Waals surface area (Å²) in [7, 11) is 2.19. The smallest absolute Gasteiger partial charge is 0.0677 e. The van der Waals surface area contributed by atoms with Gasteiger partial charge in [-0.25, -0.2) is 0 Å². The molecule has 56 valence electrons. The standard InChI is InChI=1S/C8H13NS/c1-5-6(2)8-7(5)9(3)4-10-8/h5-6H,4H2,1-3H3. The van der Waals surface area contributed by atoms with Gasteiger partial charge in [-0.15, -0.1) is 11.8 Å². The molecule has 0 aromatic carbocycles. The van der Waals surface area contributed by atoms with Gasteiger partial charge in [-0.1, -0.05) is 13.8 Å². The number of allylic oxidation sites excluding steroid dienone is 2. The second-order valence-corrected chi connectivity index (χ2v) is 4.28. The Bertz CT molecular complexity index is 197. The van der Waals surface area contributed by atoms with Crippen molar-refractivity contribution in [2.24, 2.45) is 11.8 Å². The van der Waals surface area contributed by atoms with Crippen LogP contribution in [0.3, 0.4) is 0 Å². The fourth-order valence-corrected chi connectivity index (χ4v) is 3.23. The first-order valence-corrected chi connectivity index (χ1v) is 4.78. The molecule has 0 amide bonds. The number of hydrogen-bond donors (Lipinski definition) is 0. The van der Waals surface area contributed by atoms with Crippen LogP contribution in [-0.4, -0.2) is 17.8 Å². The summed E-state index contributed by atoms with van der Waals surface area (Å²) in [5.41, 5.74) is 1.61. The Labute approximate surface area is 66.5 Å². The van der Waals surface area contributed by atoms with Gasteiger partial charge in [0.1, 0.15) is 0 Å². The summed E-state index contributed by atoms with van der Waals surface area (Å²) in [6.45, 7) is 4.65. The lowest BCUT2D eigenvalue weighted by Gasteiger charge is -2.35. The van der Waals surface area contributed by atoms with E-state index < -0.39 is 0 Å². The number of rotatable bonds is 0. The Morgan fingerprint density at radius 3 is 2.70 bits per heavy atom. The molecule has 0 aromatic rings. The van der Waals surface area contributed by atoms with Gasteiger partial charge >= 0.3 is 0 Å². The summed E-state index contributed by atoms with van der Waals surface area (Å²) in [6, 6.07) is 0. The Kier molecular flexibility index (Phi) is 1.28. The van der Waals surface area contributed by atoms with Gasteiger partial charge in [-0.2, -0.15) is 0 Å². The maximum atomic E-state index is 2.38. The first-order valence-electron chi connectivity index (χ1n) is 3.80. The molecule has 2 unspecified atom stereocenters. The molecule has 0 spiro atoms. The van der Waals surface area contributed by atoms with Crippen LogP contribution < -0.4 is 0 Å². The van der Waals surface area contributed by atoms with Gasteiger partial charge in [0.05, 0.1) is 5.88 Å².